The standard InChI is InChI=1S/C11H20O2/c1-10(6-9-13-2)11(12)7-4-3-5-8-11/h4,7,10,12H,3,5-6,8-9H2,1-2H3. The van der Waals surface area contributed by atoms with Crippen molar-refractivity contribution in [1.82, 2.24) is 0 Å². The maximum Gasteiger partial charge on any atom is 0.0854 e. The first kappa shape index (κ1) is 10.7. The number of allylic oxidation sites excluding steroid dienone is 1. The minimum absolute atomic E-state index is 0.295. The maximum atomic E-state index is 10.2. The van der Waals surface area contributed by atoms with Crippen LogP contribution in [0.15, 0.2) is 12.2 Å². The molecule has 1 rings (SSSR count). The number of ether oxygens (including phenoxy) is 1. The number of methoxy groups -OCH3 is 1. The van der Waals surface area contributed by atoms with Gasteiger partial charge >= 0.3 is 0 Å². The molecular weight excluding hydrogens is 164 g/mol. The van der Waals surface area contributed by atoms with Crippen LogP contribution < -0.4 is 0 Å². The van der Waals surface area contributed by atoms with Crippen molar-refractivity contribution in [2.45, 2.75) is 38.2 Å². The van der Waals surface area contributed by atoms with Crippen LogP contribution in [-0.2, 0) is 4.74 Å². The molecule has 2 heteroatoms. The van der Waals surface area contributed by atoms with Crippen LogP contribution in [0.2, 0.25) is 0 Å². The molecule has 0 heterocycles. The van der Waals surface area contributed by atoms with E-state index in [9.17, 15) is 5.11 Å². The molecule has 2 nitrogen and oxygen atoms in total. The van der Waals surface area contributed by atoms with Crippen molar-refractivity contribution >= 4 is 0 Å². The van der Waals surface area contributed by atoms with Crippen molar-refractivity contribution < 1.29 is 9.84 Å². The number of hydrogen-bond donors (Lipinski definition) is 1. The van der Waals surface area contributed by atoms with Crippen molar-refractivity contribution in [3.8, 4) is 0 Å². The van der Waals surface area contributed by atoms with Gasteiger partial charge in [-0.25, -0.2) is 0 Å². The van der Waals surface area contributed by atoms with Crippen LogP contribution >= 0.6 is 0 Å². The average Bonchev–Trinajstić information content (AvgIpc) is 2.15. The number of hydrogen-bond acceptors (Lipinski definition) is 2. The molecule has 1 aliphatic rings. The molecule has 0 spiro atoms. The highest BCUT2D eigenvalue weighted by Gasteiger charge is 2.31. The van der Waals surface area contributed by atoms with E-state index >= 15 is 0 Å². The summed E-state index contributed by atoms with van der Waals surface area (Å²) in [6, 6.07) is 0. The minimum Gasteiger partial charge on any atom is -0.386 e. The van der Waals surface area contributed by atoms with Gasteiger partial charge < -0.3 is 9.84 Å². The fourth-order valence-corrected chi connectivity index (χ4v) is 1.83. The summed E-state index contributed by atoms with van der Waals surface area (Å²) in [6.45, 7) is 2.83. The van der Waals surface area contributed by atoms with Gasteiger partial charge in [0.15, 0.2) is 0 Å². The van der Waals surface area contributed by atoms with Gasteiger partial charge in [0.25, 0.3) is 0 Å². The summed E-state index contributed by atoms with van der Waals surface area (Å²) in [5.41, 5.74) is -0.573. The van der Waals surface area contributed by atoms with E-state index in [2.05, 4.69) is 13.0 Å². The van der Waals surface area contributed by atoms with Crippen LogP contribution in [-0.4, -0.2) is 24.4 Å². The summed E-state index contributed by atoms with van der Waals surface area (Å²) in [6.07, 6.45) is 8.10. The highest BCUT2D eigenvalue weighted by Crippen LogP contribution is 2.31. The summed E-state index contributed by atoms with van der Waals surface area (Å²) in [4.78, 5) is 0. The zero-order valence-electron chi connectivity index (χ0n) is 8.62. The molecule has 0 aromatic rings. The molecule has 76 valence electrons. The Labute approximate surface area is 80.6 Å². The fraction of sp³-hybridized carbons (Fsp3) is 0.818. The van der Waals surface area contributed by atoms with Crippen molar-refractivity contribution in [3.05, 3.63) is 12.2 Å². The van der Waals surface area contributed by atoms with Gasteiger partial charge in [0.1, 0.15) is 0 Å². The molecule has 0 amide bonds. The Balaban J connectivity index is 2.46. The van der Waals surface area contributed by atoms with Gasteiger partial charge in [-0.05, 0) is 31.6 Å². The summed E-state index contributed by atoms with van der Waals surface area (Å²) >= 11 is 0. The monoisotopic (exact) mass is 184 g/mol. The first-order chi connectivity index (χ1) is 6.19. The topological polar surface area (TPSA) is 29.5 Å². The molecular formula is C11H20O2. The number of aliphatic hydroxyl groups is 1. The molecule has 1 N–H and O–H groups in total. The van der Waals surface area contributed by atoms with E-state index < -0.39 is 5.60 Å². The minimum atomic E-state index is -0.573. The summed E-state index contributed by atoms with van der Waals surface area (Å²) < 4.78 is 5.01. The van der Waals surface area contributed by atoms with E-state index in [1.165, 1.54) is 0 Å². The third kappa shape index (κ3) is 2.82. The van der Waals surface area contributed by atoms with Gasteiger partial charge in [0.05, 0.1) is 5.60 Å². The molecule has 0 bridgehead atoms. The molecule has 0 radical (unpaired) electrons. The molecule has 13 heavy (non-hydrogen) atoms. The van der Waals surface area contributed by atoms with Gasteiger partial charge in [-0.2, -0.15) is 0 Å². The lowest BCUT2D eigenvalue weighted by Crippen LogP contribution is -2.36. The van der Waals surface area contributed by atoms with Gasteiger partial charge in [-0.1, -0.05) is 19.1 Å². The lowest BCUT2D eigenvalue weighted by Gasteiger charge is -2.33. The van der Waals surface area contributed by atoms with E-state index in [1.54, 1.807) is 7.11 Å². The number of rotatable bonds is 4. The van der Waals surface area contributed by atoms with Crippen LogP contribution in [0.1, 0.15) is 32.6 Å². The van der Waals surface area contributed by atoms with Crippen LogP contribution in [0.4, 0.5) is 0 Å². The second kappa shape index (κ2) is 4.77. The highest BCUT2D eigenvalue weighted by molar-refractivity contribution is 5.06. The van der Waals surface area contributed by atoms with Crippen LogP contribution in [0, 0.1) is 5.92 Å². The fourth-order valence-electron chi connectivity index (χ4n) is 1.83. The van der Waals surface area contributed by atoms with E-state index in [4.69, 9.17) is 4.74 Å². The van der Waals surface area contributed by atoms with Crippen LogP contribution in [0.3, 0.4) is 0 Å². The van der Waals surface area contributed by atoms with Crippen molar-refractivity contribution in [3.63, 3.8) is 0 Å². The zero-order valence-corrected chi connectivity index (χ0v) is 8.62. The molecule has 2 atom stereocenters. The third-order valence-electron chi connectivity index (χ3n) is 2.96. The Morgan fingerprint density at radius 1 is 1.62 bits per heavy atom. The van der Waals surface area contributed by atoms with E-state index in [0.717, 1.165) is 32.3 Å². The SMILES string of the molecule is COCCC(C)C1(O)C=CCCC1. The molecule has 1 aliphatic carbocycles. The molecule has 0 aliphatic heterocycles. The Morgan fingerprint density at radius 3 is 2.92 bits per heavy atom. The van der Waals surface area contributed by atoms with E-state index in [-0.39, 0.29) is 0 Å². The molecule has 0 aromatic heterocycles. The van der Waals surface area contributed by atoms with Gasteiger partial charge in [0.2, 0.25) is 0 Å². The normalized spacial score (nSPS) is 30.4. The zero-order chi connectivity index (χ0) is 9.73. The van der Waals surface area contributed by atoms with Crippen molar-refractivity contribution in [2.24, 2.45) is 5.92 Å². The van der Waals surface area contributed by atoms with Gasteiger partial charge in [0, 0.05) is 13.7 Å². The summed E-state index contributed by atoms with van der Waals surface area (Å²) in [7, 11) is 1.70. The summed E-state index contributed by atoms with van der Waals surface area (Å²) in [5.74, 6) is 0.295. The smallest absolute Gasteiger partial charge is 0.0854 e. The lowest BCUT2D eigenvalue weighted by atomic mass is 9.79. The Morgan fingerprint density at radius 2 is 2.38 bits per heavy atom. The van der Waals surface area contributed by atoms with Crippen LogP contribution in [0.25, 0.3) is 0 Å². The largest absolute Gasteiger partial charge is 0.386 e. The average molecular weight is 184 g/mol. The second-order valence-corrected chi connectivity index (χ2v) is 3.97. The van der Waals surface area contributed by atoms with Crippen molar-refractivity contribution in [2.75, 3.05) is 13.7 Å². The predicted octanol–water partition coefficient (Wildman–Crippen LogP) is 2.13. The molecule has 2 unspecified atom stereocenters. The Kier molecular flexibility index (Phi) is 3.94. The molecule has 0 saturated heterocycles. The Bertz CT molecular complexity index is 177. The highest BCUT2D eigenvalue weighted by atomic mass is 16.5. The second-order valence-electron chi connectivity index (χ2n) is 3.97. The predicted molar refractivity (Wildman–Crippen MR) is 53.6 cm³/mol. The summed E-state index contributed by atoms with van der Waals surface area (Å²) in [5, 5.41) is 10.2. The third-order valence-corrected chi connectivity index (χ3v) is 2.96. The quantitative estimate of drug-likeness (QED) is 0.678. The van der Waals surface area contributed by atoms with Crippen molar-refractivity contribution in [1.29, 1.82) is 0 Å². The van der Waals surface area contributed by atoms with Gasteiger partial charge in [-0.3, -0.25) is 0 Å². The first-order valence-electron chi connectivity index (χ1n) is 5.08. The molecule has 0 fully saturated rings. The first-order valence-corrected chi connectivity index (χ1v) is 5.08. The Hall–Kier alpha value is -0.340. The van der Waals surface area contributed by atoms with E-state index in [0.29, 0.717) is 5.92 Å². The molecule has 0 saturated carbocycles. The van der Waals surface area contributed by atoms with Gasteiger partial charge in [-0.15, -0.1) is 0 Å². The maximum absolute atomic E-state index is 10.2. The van der Waals surface area contributed by atoms with E-state index in [1.807, 2.05) is 6.08 Å². The van der Waals surface area contributed by atoms with Crippen LogP contribution in [0.5, 0.6) is 0 Å². The lowest BCUT2D eigenvalue weighted by molar-refractivity contribution is 0.00835. The molecule has 0 aromatic carbocycles.